The lowest BCUT2D eigenvalue weighted by Gasteiger charge is -2.26. The highest BCUT2D eigenvalue weighted by atomic mass is 32.2. The molecule has 2 rings (SSSR count). The molecule has 0 amide bonds. The lowest BCUT2D eigenvalue weighted by atomic mass is 10.3. The summed E-state index contributed by atoms with van der Waals surface area (Å²) >= 11 is 0. The smallest absolute Gasteiger partial charge is 0.249 e. The van der Waals surface area contributed by atoms with Crippen LogP contribution in [0.5, 0.6) is 0 Å². The lowest BCUT2D eigenvalue weighted by molar-refractivity contribution is 0.344. The molecular formula is C12H16F2N2O2S. The third kappa shape index (κ3) is 2.63. The number of nitrogens with one attached hydrogen (secondary N) is 1. The zero-order valence-corrected chi connectivity index (χ0v) is 11.4. The first kappa shape index (κ1) is 14.4. The summed E-state index contributed by atoms with van der Waals surface area (Å²) in [6.45, 7) is 3.05. The highest BCUT2D eigenvalue weighted by Gasteiger charge is 2.35. The highest BCUT2D eigenvalue weighted by molar-refractivity contribution is 7.89. The summed E-state index contributed by atoms with van der Waals surface area (Å²) in [5, 5.41) is 3.05. The van der Waals surface area contributed by atoms with Crippen molar-refractivity contribution in [3.8, 4) is 0 Å². The molecule has 1 saturated heterocycles. The van der Waals surface area contributed by atoms with Crippen molar-refractivity contribution in [2.24, 2.45) is 0 Å². The van der Waals surface area contributed by atoms with Gasteiger partial charge in [0.15, 0.2) is 4.90 Å². The Labute approximate surface area is 111 Å². The predicted octanol–water partition coefficient (Wildman–Crippen LogP) is 1.34. The maximum absolute atomic E-state index is 13.7. The first-order valence-corrected chi connectivity index (χ1v) is 7.59. The average molecular weight is 290 g/mol. The second-order valence-electron chi connectivity index (χ2n) is 4.41. The van der Waals surface area contributed by atoms with E-state index >= 15 is 0 Å². The Morgan fingerprint density at radius 2 is 2.00 bits per heavy atom. The number of halogens is 2. The van der Waals surface area contributed by atoms with Crippen molar-refractivity contribution in [1.82, 2.24) is 9.62 Å². The Bertz CT molecular complexity index is 537. The van der Waals surface area contributed by atoms with Gasteiger partial charge in [0, 0.05) is 19.1 Å². The van der Waals surface area contributed by atoms with Crippen LogP contribution in [0.1, 0.15) is 13.3 Å². The monoisotopic (exact) mass is 290 g/mol. The molecule has 0 aliphatic carbocycles. The van der Waals surface area contributed by atoms with Crippen molar-refractivity contribution in [1.29, 1.82) is 0 Å². The number of likely N-dealkylation sites (N-methyl/N-ethyl adjacent to an activating group) is 1. The quantitative estimate of drug-likeness (QED) is 0.910. The van der Waals surface area contributed by atoms with E-state index in [1.54, 1.807) is 6.92 Å². The molecule has 1 fully saturated rings. The zero-order valence-electron chi connectivity index (χ0n) is 10.6. The maximum atomic E-state index is 13.7. The topological polar surface area (TPSA) is 49.4 Å². The standard InChI is InChI=1S/C12H16F2N2O2S/c1-2-16(9-6-7-15-8-9)19(17,18)12-10(13)4-3-5-11(12)14/h3-5,9,15H,2,6-8H2,1H3. The van der Waals surface area contributed by atoms with Gasteiger partial charge in [-0.05, 0) is 25.1 Å². The van der Waals surface area contributed by atoms with Gasteiger partial charge in [-0.2, -0.15) is 4.31 Å². The van der Waals surface area contributed by atoms with Crippen molar-refractivity contribution < 1.29 is 17.2 Å². The van der Waals surface area contributed by atoms with Crippen molar-refractivity contribution in [3.63, 3.8) is 0 Å². The SMILES string of the molecule is CCN(C1CCNC1)S(=O)(=O)c1c(F)cccc1F. The maximum Gasteiger partial charge on any atom is 0.249 e. The third-order valence-electron chi connectivity index (χ3n) is 3.24. The molecule has 4 nitrogen and oxygen atoms in total. The van der Waals surface area contributed by atoms with Crippen molar-refractivity contribution in [3.05, 3.63) is 29.8 Å². The van der Waals surface area contributed by atoms with Crippen LogP contribution in [0, 0.1) is 11.6 Å². The number of sulfonamides is 1. The molecule has 0 spiro atoms. The van der Waals surface area contributed by atoms with E-state index in [0.717, 1.165) is 22.5 Å². The van der Waals surface area contributed by atoms with Crippen molar-refractivity contribution >= 4 is 10.0 Å². The fourth-order valence-electron chi connectivity index (χ4n) is 2.36. The highest BCUT2D eigenvalue weighted by Crippen LogP contribution is 2.25. The number of benzene rings is 1. The summed E-state index contributed by atoms with van der Waals surface area (Å²) < 4.78 is 53.3. The summed E-state index contributed by atoms with van der Waals surface area (Å²) in [7, 11) is -4.15. The Morgan fingerprint density at radius 3 is 2.47 bits per heavy atom. The summed E-state index contributed by atoms with van der Waals surface area (Å²) in [5.74, 6) is -2.10. The number of nitrogens with zero attached hydrogens (tertiary/aromatic N) is 1. The van der Waals surface area contributed by atoms with E-state index in [-0.39, 0.29) is 12.6 Å². The fraction of sp³-hybridized carbons (Fsp3) is 0.500. The third-order valence-corrected chi connectivity index (χ3v) is 5.32. The molecule has 0 radical (unpaired) electrons. The van der Waals surface area contributed by atoms with Crippen LogP contribution in [-0.2, 0) is 10.0 Å². The minimum absolute atomic E-state index is 0.183. The van der Waals surface area contributed by atoms with Gasteiger partial charge in [-0.25, -0.2) is 17.2 Å². The van der Waals surface area contributed by atoms with E-state index in [0.29, 0.717) is 19.5 Å². The van der Waals surface area contributed by atoms with Crippen LogP contribution in [0.2, 0.25) is 0 Å². The Balaban J connectivity index is 2.45. The molecule has 7 heteroatoms. The van der Waals surface area contributed by atoms with Gasteiger partial charge in [0.05, 0.1) is 0 Å². The summed E-state index contributed by atoms with van der Waals surface area (Å²) in [5.41, 5.74) is 0. The minimum atomic E-state index is -4.15. The van der Waals surface area contributed by atoms with Gasteiger partial charge in [-0.1, -0.05) is 13.0 Å². The van der Waals surface area contributed by atoms with Gasteiger partial charge in [0.2, 0.25) is 10.0 Å². The molecular weight excluding hydrogens is 274 g/mol. The molecule has 106 valence electrons. The van der Waals surface area contributed by atoms with E-state index in [1.165, 1.54) is 0 Å². The molecule has 1 atom stereocenters. The van der Waals surface area contributed by atoms with E-state index in [2.05, 4.69) is 5.32 Å². The summed E-state index contributed by atoms with van der Waals surface area (Å²) in [6.07, 6.45) is 0.642. The molecule has 1 aliphatic heterocycles. The van der Waals surface area contributed by atoms with Crippen molar-refractivity contribution in [2.75, 3.05) is 19.6 Å². The van der Waals surface area contributed by atoms with Crippen LogP contribution in [0.4, 0.5) is 8.78 Å². The first-order chi connectivity index (χ1) is 8.98. The Kier molecular flexibility index (Phi) is 4.17. The summed E-state index contributed by atoms with van der Waals surface area (Å²) in [6, 6.07) is 2.80. The molecule has 0 bridgehead atoms. The van der Waals surface area contributed by atoms with Crippen LogP contribution < -0.4 is 5.32 Å². The number of rotatable bonds is 4. The lowest BCUT2D eigenvalue weighted by Crippen LogP contribution is -2.42. The number of hydrogen-bond donors (Lipinski definition) is 1. The van der Waals surface area contributed by atoms with Gasteiger partial charge in [0.1, 0.15) is 11.6 Å². The van der Waals surface area contributed by atoms with Gasteiger partial charge in [0.25, 0.3) is 0 Å². The minimum Gasteiger partial charge on any atom is -0.315 e. The Morgan fingerprint density at radius 1 is 1.37 bits per heavy atom. The van der Waals surface area contributed by atoms with Gasteiger partial charge in [-0.3, -0.25) is 0 Å². The van der Waals surface area contributed by atoms with E-state index in [9.17, 15) is 17.2 Å². The normalized spacial score (nSPS) is 20.1. The van der Waals surface area contributed by atoms with Gasteiger partial charge in [-0.15, -0.1) is 0 Å². The molecule has 0 saturated carbocycles. The molecule has 1 N–H and O–H groups in total. The molecule has 0 aromatic heterocycles. The molecule has 1 aromatic rings. The van der Waals surface area contributed by atoms with E-state index in [1.807, 2.05) is 0 Å². The second-order valence-corrected chi connectivity index (χ2v) is 6.23. The largest absolute Gasteiger partial charge is 0.315 e. The van der Waals surface area contributed by atoms with Crippen LogP contribution >= 0.6 is 0 Å². The van der Waals surface area contributed by atoms with E-state index in [4.69, 9.17) is 0 Å². The first-order valence-electron chi connectivity index (χ1n) is 6.15. The average Bonchev–Trinajstić information content (AvgIpc) is 2.82. The molecule has 1 heterocycles. The van der Waals surface area contributed by atoms with Crippen LogP contribution in [0.15, 0.2) is 23.1 Å². The predicted molar refractivity (Wildman–Crippen MR) is 67.2 cm³/mol. The van der Waals surface area contributed by atoms with E-state index < -0.39 is 26.6 Å². The summed E-state index contributed by atoms with van der Waals surface area (Å²) in [4.78, 5) is -0.858. The van der Waals surface area contributed by atoms with Gasteiger partial charge >= 0.3 is 0 Å². The van der Waals surface area contributed by atoms with Gasteiger partial charge < -0.3 is 5.32 Å². The second kappa shape index (κ2) is 5.52. The Hall–Kier alpha value is -1.05. The van der Waals surface area contributed by atoms with Crippen molar-refractivity contribution in [2.45, 2.75) is 24.3 Å². The zero-order chi connectivity index (χ0) is 14.0. The molecule has 1 aliphatic rings. The fourth-order valence-corrected chi connectivity index (χ4v) is 4.13. The van der Waals surface area contributed by atoms with Crippen LogP contribution in [-0.4, -0.2) is 38.4 Å². The number of hydrogen-bond acceptors (Lipinski definition) is 3. The molecule has 1 aromatic carbocycles. The van der Waals surface area contributed by atoms with Crippen LogP contribution in [0.25, 0.3) is 0 Å². The molecule has 1 unspecified atom stereocenters. The van der Waals surface area contributed by atoms with Crippen LogP contribution in [0.3, 0.4) is 0 Å². The molecule has 19 heavy (non-hydrogen) atoms.